The summed E-state index contributed by atoms with van der Waals surface area (Å²) in [6, 6.07) is 39.6. The molecule has 43 heavy (non-hydrogen) atoms. The third kappa shape index (κ3) is 3.18. The molecule has 0 unspecified atom stereocenters. The highest BCUT2D eigenvalue weighted by molar-refractivity contribution is 6.37. The van der Waals surface area contributed by atoms with Gasteiger partial charge in [0.1, 0.15) is 5.65 Å². The zero-order valence-electron chi connectivity index (χ0n) is 23.0. The largest absolute Gasteiger partial charge is 0.306 e. The number of fused-ring (bicyclic) bond motifs is 3. The standard InChI is InChI=1S/C39H22N4/c1-2-17-43-22-33(42-34(43)12-1)28-20-40-39(41-21-28)27-18-26-16-15-25-7-4-10-30-29-9-3-6-23-13-14-24-8-5-11-31(37(24)35(23)29)32(19-27)38(26)36(25)30/h1-22H. The van der Waals surface area contributed by atoms with Gasteiger partial charge in [0.15, 0.2) is 5.82 Å². The van der Waals surface area contributed by atoms with Gasteiger partial charge >= 0.3 is 0 Å². The molecule has 0 aliphatic carbocycles. The zero-order valence-corrected chi connectivity index (χ0v) is 23.0. The average molecular weight is 547 g/mol. The van der Waals surface area contributed by atoms with Crippen LogP contribution in [0.15, 0.2) is 134 Å². The van der Waals surface area contributed by atoms with Crippen molar-refractivity contribution in [2.75, 3.05) is 0 Å². The van der Waals surface area contributed by atoms with Crippen LogP contribution in [0.25, 0.3) is 92.9 Å². The quantitative estimate of drug-likeness (QED) is 0.203. The second-order valence-electron chi connectivity index (χ2n) is 11.4. The summed E-state index contributed by atoms with van der Waals surface area (Å²) in [6.45, 7) is 0. The van der Waals surface area contributed by atoms with Gasteiger partial charge in [0.25, 0.3) is 0 Å². The summed E-state index contributed by atoms with van der Waals surface area (Å²) in [5.41, 5.74) is 3.65. The maximum Gasteiger partial charge on any atom is 0.159 e. The lowest BCUT2D eigenvalue weighted by Crippen LogP contribution is -1.92. The Morgan fingerprint density at radius 2 is 1.05 bits per heavy atom. The van der Waals surface area contributed by atoms with E-state index in [0.717, 1.165) is 22.5 Å². The van der Waals surface area contributed by atoms with E-state index in [1.165, 1.54) is 64.6 Å². The Bertz CT molecular complexity index is 2680. The molecule has 0 saturated heterocycles. The number of benzene rings is 6. The third-order valence-electron chi connectivity index (χ3n) is 8.99. The molecular formula is C39H22N4. The fourth-order valence-corrected chi connectivity index (χ4v) is 7.10. The summed E-state index contributed by atoms with van der Waals surface area (Å²) in [5.74, 6) is 0.701. The normalized spacial score (nSPS) is 12.2. The van der Waals surface area contributed by atoms with Crippen molar-refractivity contribution in [3.05, 3.63) is 134 Å². The van der Waals surface area contributed by atoms with Gasteiger partial charge in [0.05, 0.1) is 5.69 Å². The van der Waals surface area contributed by atoms with Crippen molar-refractivity contribution in [2.45, 2.75) is 0 Å². The van der Waals surface area contributed by atoms with Gasteiger partial charge in [-0.1, -0.05) is 84.9 Å². The van der Waals surface area contributed by atoms with Crippen molar-refractivity contribution in [1.82, 2.24) is 19.4 Å². The van der Waals surface area contributed by atoms with Crippen molar-refractivity contribution < 1.29 is 0 Å². The predicted octanol–water partition coefficient (Wildman–Crippen LogP) is 9.82. The molecule has 4 nitrogen and oxygen atoms in total. The van der Waals surface area contributed by atoms with Crippen LogP contribution in [-0.2, 0) is 0 Å². The molecule has 10 aromatic rings. The van der Waals surface area contributed by atoms with Crippen molar-refractivity contribution >= 4 is 70.3 Å². The predicted molar refractivity (Wildman–Crippen MR) is 178 cm³/mol. The lowest BCUT2D eigenvalue weighted by Gasteiger charge is -2.16. The highest BCUT2D eigenvalue weighted by Gasteiger charge is 2.17. The molecule has 0 N–H and O–H groups in total. The van der Waals surface area contributed by atoms with Gasteiger partial charge in [-0.15, -0.1) is 0 Å². The second kappa shape index (κ2) is 8.34. The molecule has 0 bridgehead atoms. The van der Waals surface area contributed by atoms with Crippen LogP contribution in [0.4, 0.5) is 0 Å². The molecule has 0 fully saturated rings. The maximum atomic E-state index is 4.86. The number of pyridine rings is 1. The average Bonchev–Trinajstić information content (AvgIpc) is 3.51. The number of imidazole rings is 1. The van der Waals surface area contributed by atoms with Crippen molar-refractivity contribution in [3.63, 3.8) is 0 Å². The van der Waals surface area contributed by atoms with Crippen molar-refractivity contribution in [1.29, 1.82) is 0 Å². The molecule has 198 valence electrons. The zero-order chi connectivity index (χ0) is 28.1. The van der Waals surface area contributed by atoms with E-state index in [-0.39, 0.29) is 0 Å². The highest BCUT2D eigenvalue weighted by Crippen LogP contribution is 2.44. The first-order chi connectivity index (χ1) is 21.3. The third-order valence-corrected chi connectivity index (χ3v) is 8.99. The van der Waals surface area contributed by atoms with E-state index in [2.05, 4.69) is 91.0 Å². The Morgan fingerprint density at radius 3 is 1.67 bits per heavy atom. The summed E-state index contributed by atoms with van der Waals surface area (Å²) in [6.07, 6.45) is 7.78. The smallest absolute Gasteiger partial charge is 0.159 e. The van der Waals surface area contributed by atoms with E-state index >= 15 is 0 Å². The Balaban J connectivity index is 1.31. The van der Waals surface area contributed by atoms with Gasteiger partial charge in [0.2, 0.25) is 0 Å². The Morgan fingerprint density at radius 1 is 0.465 bits per heavy atom. The molecule has 0 spiro atoms. The minimum atomic E-state index is 0.701. The molecular weight excluding hydrogens is 524 g/mol. The molecule has 0 aliphatic rings. The molecule has 7 aromatic carbocycles. The summed E-state index contributed by atoms with van der Waals surface area (Å²) < 4.78 is 2.01. The minimum absolute atomic E-state index is 0.701. The Hall–Kier alpha value is -5.87. The van der Waals surface area contributed by atoms with Crippen LogP contribution in [0.5, 0.6) is 0 Å². The Kier molecular flexibility index (Phi) is 4.42. The maximum absolute atomic E-state index is 4.86. The number of nitrogens with zero attached hydrogens (tertiary/aromatic N) is 4. The Labute approximate surface area is 245 Å². The fraction of sp³-hybridized carbons (Fsp3) is 0. The van der Waals surface area contributed by atoms with Crippen LogP contribution in [-0.4, -0.2) is 19.4 Å². The van der Waals surface area contributed by atoms with Gasteiger partial charge in [0, 0.05) is 35.9 Å². The molecule has 3 aromatic heterocycles. The summed E-state index contributed by atoms with van der Waals surface area (Å²) >= 11 is 0. The van der Waals surface area contributed by atoms with Gasteiger partial charge in [-0.2, -0.15) is 0 Å². The lowest BCUT2D eigenvalue weighted by atomic mass is 9.87. The molecule has 0 amide bonds. The number of hydrogen-bond acceptors (Lipinski definition) is 3. The van der Waals surface area contributed by atoms with Crippen LogP contribution in [0.2, 0.25) is 0 Å². The topological polar surface area (TPSA) is 43.1 Å². The minimum Gasteiger partial charge on any atom is -0.306 e. The van der Waals surface area contributed by atoms with E-state index in [1.54, 1.807) is 0 Å². The molecule has 0 atom stereocenters. The van der Waals surface area contributed by atoms with Crippen LogP contribution < -0.4 is 0 Å². The van der Waals surface area contributed by atoms with Gasteiger partial charge < -0.3 is 4.40 Å². The van der Waals surface area contributed by atoms with E-state index < -0.39 is 0 Å². The summed E-state index contributed by atoms with van der Waals surface area (Å²) in [4.78, 5) is 14.5. The van der Waals surface area contributed by atoms with Crippen molar-refractivity contribution in [3.8, 4) is 22.6 Å². The van der Waals surface area contributed by atoms with Crippen LogP contribution in [0, 0.1) is 0 Å². The first-order valence-corrected chi connectivity index (χ1v) is 14.5. The monoisotopic (exact) mass is 546 g/mol. The molecule has 10 rings (SSSR count). The molecule has 3 heterocycles. The SMILES string of the molecule is c1cc2ccc3cccc4c5cc(-c6ncc(-c7cn8ccccc8n7)cn6)cc6ccc7cccc(c(c1)c2c34)c7c65. The van der Waals surface area contributed by atoms with Crippen molar-refractivity contribution in [2.24, 2.45) is 0 Å². The second-order valence-corrected chi connectivity index (χ2v) is 11.4. The number of aromatic nitrogens is 4. The number of rotatable bonds is 2. The van der Waals surface area contributed by atoms with E-state index in [1.807, 2.05) is 47.4 Å². The molecule has 4 heteroatoms. The van der Waals surface area contributed by atoms with Gasteiger partial charge in [-0.05, 0) is 88.9 Å². The first kappa shape index (κ1) is 22.8. The highest BCUT2D eigenvalue weighted by atomic mass is 15.0. The van der Waals surface area contributed by atoms with Gasteiger partial charge in [-0.3, -0.25) is 0 Å². The summed E-state index contributed by atoms with van der Waals surface area (Å²) in [5, 5.41) is 15.1. The van der Waals surface area contributed by atoms with E-state index in [0.29, 0.717) is 5.82 Å². The number of hydrogen-bond donors (Lipinski definition) is 0. The fourth-order valence-electron chi connectivity index (χ4n) is 7.10. The summed E-state index contributed by atoms with van der Waals surface area (Å²) in [7, 11) is 0. The van der Waals surface area contributed by atoms with E-state index in [4.69, 9.17) is 15.0 Å². The van der Waals surface area contributed by atoms with E-state index in [9.17, 15) is 0 Å². The van der Waals surface area contributed by atoms with Gasteiger partial charge in [-0.25, -0.2) is 15.0 Å². The van der Waals surface area contributed by atoms with Crippen LogP contribution in [0.3, 0.4) is 0 Å². The molecule has 0 saturated carbocycles. The van der Waals surface area contributed by atoms with Crippen LogP contribution in [0.1, 0.15) is 0 Å². The first-order valence-electron chi connectivity index (χ1n) is 14.5. The lowest BCUT2D eigenvalue weighted by molar-refractivity contribution is 1.17. The molecule has 0 radical (unpaired) electrons. The molecule has 0 aliphatic heterocycles. The van der Waals surface area contributed by atoms with Crippen LogP contribution >= 0.6 is 0 Å².